The molecule has 0 aliphatic carbocycles. The van der Waals surface area contributed by atoms with Crippen LogP contribution in [0.25, 0.3) is 0 Å². The number of nitrogens with zero attached hydrogens (tertiary/aromatic N) is 1. The van der Waals surface area contributed by atoms with E-state index in [1.165, 1.54) is 25.3 Å². The molecule has 1 aliphatic heterocycles. The third-order valence-electron chi connectivity index (χ3n) is 3.94. The minimum atomic E-state index is -0.731. The predicted octanol–water partition coefficient (Wildman–Crippen LogP) is 4.48. The van der Waals surface area contributed by atoms with Gasteiger partial charge in [0.25, 0.3) is 0 Å². The van der Waals surface area contributed by atoms with E-state index in [2.05, 4.69) is 5.16 Å². The van der Waals surface area contributed by atoms with Crippen LogP contribution in [0.15, 0.2) is 23.4 Å². The SMILES string of the molecule is COC(c1c(F)cccc1F)C1CC(C)ON=C1C(C)(C)C. The van der Waals surface area contributed by atoms with Crippen molar-refractivity contribution >= 4 is 5.71 Å². The first-order valence-corrected chi connectivity index (χ1v) is 7.46. The van der Waals surface area contributed by atoms with Crippen molar-refractivity contribution in [1.29, 1.82) is 0 Å². The molecule has 122 valence electrons. The summed E-state index contributed by atoms with van der Waals surface area (Å²) >= 11 is 0. The number of ether oxygens (including phenoxy) is 1. The van der Waals surface area contributed by atoms with Gasteiger partial charge in [0, 0.05) is 18.4 Å². The molecule has 3 nitrogen and oxygen atoms in total. The summed E-state index contributed by atoms with van der Waals surface area (Å²) in [6, 6.07) is 3.86. The van der Waals surface area contributed by atoms with Crippen LogP contribution in [0, 0.1) is 23.0 Å². The predicted molar refractivity (Wildman–Crippen MR) is 81.7 cm³/mol. The molecule has 1 aromatic rings. The monoisotopic (exact) mass is 311 g/mol. The summed E-state index contributed by atoms with van der Waals surface area (Å²) < 4.78 is 33.8. The zero-order chi connectivity index (χ0) is 16.5. The Hall–Kier alpha value is -1.49. The number of rotatable bonds is 3. The number of hydrogen-bond acceptors (Lipinski definition) is 3. The molecule has 0 saturated heterocycles. The highest BCUT2D eigenvalue weighted by Crippen LogP contribution is 2.40. The molecule has 1 aromatic carbocycles. The summed E-state index contributed by atoms with van der Waals surface area (Å²) in [6.07, 6.45) is -0.253. The zero-order valence-corrected chi connectivity index (χ0v) is 13.7. The Morgan fingerprint density at radius 3 is 2.36 bits per heavy atom. The Balaban J connectivity index is 2.49. The van der Waals surface area contributed by atoms with Gasteiger partial charge in [-0.25, -0.2) is 8.78 Å². The third-order valence-corrected chi connectivity index (χ3v) is 3.94. The van der Waals surface area contributed by atoms with Crippen molar-refractivity contribution < 1.29 is 18.4 Å². The Labute approximate surface area is 130 Å². The maximum absolute atomic E-state index is 14.2. The average molecular weight is 311 g/mol. The first kappa shape index (κ1) is 16.9. The molecule has 1 heterocycles. The van der Waals surface area contributed by atoms with Gasteiger partial charge in [-0.2, -0.15) is 0 Å². The van der Waals surface area contributed by atoms with Crippen molar-refractivity contribution in [1.82, 2.24) is 0 Å². The molecule has 3 unspecified atom stereocenters. The second kappa shape index (κ2) is 6.32. The Morgan fingerprint density at radius 2 is 1.86 bits per heavy atom. The lowest BCUT2D eigenvalue weighted by molar-refractivity contribution is -0.00350. The normalized spacial score (nSPS) is 23.7. The standard InChI is InChI=1S/C17H23F2NO2/c1-10-9-11(16(20-22-10)17(2,3)4)15(21-5)14-12(18)7-6-8-13(14)19/h6-8,10-11,15H,9H2,1-5H3. The molecule has 0 radical (unpaired) electrons. The maximum Gasteiger partial charge on any atom is 0.131 e. The van der Waals surface area contributed by atoms with Crippen molar-refractivity contribution in [2.45, 2.75) is 46.3 Å². The molecule has 0 fully saturated rings. The lowest BCUT2D eigenvalue weighted by Crippen LogP contribution is -2.39. The number of oxime groups is 1. The molecule has 0 aromatic heterocycles. The van der Waals surface area contributed by atoms with Crippen LogP contribution in [-0.4, -0.2) is 18.9 Å². The lowest BCUT2D eigenvalue weighted by Gasteiger charge is -2.37. The summed E-state index contributed by atoms with van der Waals surface area (Å²) in [5.41, 5.74) is 0.449. The van der Waals surface area contributed by atoms with E-state index in [1.54, 1.807) is 0 Å². The first-order chi connectivity index (χ1) is 10.3. The fourth-order valence-electron chi connectivity index (χ4n) is 2.95. The lowest BCUT2D eigenvalue weighted by atomic mass is 9.75. The molecule has 1 aliphatic rings. The molecule has 0 amide bonds. The average Bonchev–Trinajstić information content (AvgIpc) is 2.41. The highest BCUT2D eigenvalue weighted by Gasteiger charge is 2.40. The molecular formula is C17H23F2NO2. The van der Waals surface area contributed by atoms with Crippen LogP contribution in [0.4, 0.5) is 8.78 Å². The van der Waals surface area contributed by atoms with Gasteiger partial charge in [-0.1, -0.05) is 32.0 Å². The highest BCUT2D eigenvalue weighted by atomic mass is 19.1. The van der Waals surface area contributed by atoms with Crippen LogP contribution in [0.3, 0.4) is 0 Å². The Morgan fingerprint density at radius 1 is 1.27 bits per heavy atom. The quantitative estimate of drug-likeness (QED) is 0.824. The smallest absolute Gasteiger partial charge is 0.131 e. The van der Waals surface area contributed by atoms with Crippen molar-refractivity contribution in [2.75, 3.05) is 7.11 Å². The van der Waals surface area contributed by atoms with Gasteiger partial charge in [0.1, 0.15) is 17.7 Å². The fourth-order valence-corrected chi connectivity index (χ4v) is 2.95. The maximum atomic E-state index is 14.2. The van der Waals surface area contributed by atoms with Crippen molar-refractivity contribution in [3.8, 4) is 0 Å². The minimum Gasteiger partial charge on any atom is -0.393 e. The minimum absolute atomic E-state index is 0.0407. The van der Waals surface area contributed by atoms with Crippen LogP contribution in [0.5, 0.6) is 0 Å². The van der Waals surface area contributed by atoms with E-state index in [0.717, 1.165) is 5.71 Å². The molecular weight excluding hydrogens is 288 g/mol. The molecule has 3 atom stereocenters. The topological polar surface area (TPSA) is 30.8 Å². The van der Waals surface area contributed by atoms with Crippen molar-refractivity contribution in [3.63, 3.8) is 0 Å². The first-order valence-electron chi connectivity index (χ1n) is 7.46. The van der Waals surface area contributed by atoms with E-state index in [1.807, 2.05) is 27.7 Å². The van der Waals surface area contributed by atoms with Crippen LogP contribution in [0.2, 0.25) is 0 Å². The molecule has 0 saturated carbocycles. The Kier molecular flexibility index (Phi) is 4.85. The van der Waals surface area contributed by atoms with E-state index in [4.69, 9.17) is 9.57 Å². The summed E-state index contributed by atoms with van der Waals surface area (Å²) in [6.45, 7) is 7.90. The van der Waals surface area contributed by atoms with Gasteiger partial charge in [0.2, 0.25) is 0 Å². The number of hydrogen-bond donors (Lipinski definition) is 0. The van der Waals surface area contributed by atoms with Gasteiger partial charge in [-0.15, -0.1) is 0 Å². The van der Waals surface area contributed by atoms with Gasteiger partial charge in [-0.05, 0) is 25.5 Å². The van der Waals surface area contributed by atoms with E-state index in [9.17, 15) is 8.78 Å². The van der Waals surface area contributed by atoms with Gasteiger partial charge in [0.05, 0.1) is 17.4 Å². The van der Waals surface area contributed by atoms with Crippen LogP contribution < -0.4 is 0 Å². The van der Waals surface area contributed by atoms with Gasteiger partial charge < -0.3 is 9.57 Å². The number of halogens is 2. The van der Waals surface area contributed by atoms with Gasteiger partial charge in [0.15, 0.2) is 0 Å². The van der Waals surface area contributed by atoms with E-state index >= 15 is 0 Å². The molecule has 2 rings (SSSR count). The van der Waals surface area contributed by atoms with E-state index in [-0.39, 0.29) is 23.0 Å². The van der Waals surface area contributed by atoms with Gasteiger partial charge in [-0.3, -0.25) is 0 Å². The van der Waals surface area contributed by atoms with Crippen LogP contribution in [-0.2, 0) is 9.57 Å². The summed E-state index contributed by atoms with van der Waals surface area (Å²) in [4.78, 5) is 5.38. The number of benzene rings is 1. The molecule has 0 N–H and O–H groups in total. The Bertz CT molecular complexity index is 546. The molecule has 5 heteroatoms. The van der Waals surface area contributed by atoms with Crippen LogP contribution in [0.1, 0.15) is 45.8 Å². The van der Waals surface area contributed by atoms with E-state index in [0.29, 0.717) is 6.42 Å². The number of methoxy groups -OCH3 is 1. The van der Waals surface area contributed by atoms with Crippen molar-refractivity contribution in [2.24, 2.45) is 16.5 Å². The van der Waals surface area contributed by atoms with Crippen LogP contribution >= 0.6 is 0 Å². The molecule has 0 bridgehead atoms. The summed E-state index contributed by atoms with van der Waals surface area (Å²) in [5, 5.41) is 4.21. The molecule has 22 heavy (non-hydrogen) atoms. The summed E-state index contributed by atoms with van der Waals surface area (Å²) in [5.74, 6) is -1.43. The third kappa shape index (κ3) is 3.29. The highest BCUT2D eigenvalue weighted by molar-refractivity contribution is 5.92. The van der Waals surface area contributed by atoms with Gasteiger partial charge >= 0.3 is 0 Å². The van der Waals surface area contributed by atoms with Crippen molar-refractivity contribution in [3.05, 3.63) is 35.4 Å². The summed E-state index contributed by atoms with van der Waals surface area (Å²) in [7, 11) is 1.47. The molecule has 0 spiro atoms. The van der Waals surface area contributed by atoms with E-state index < -0.39 is 17.7 Å². The zero-order valence-electron chi connectivity index (χ0n) is 13.7. The second-order valence-electron chi connectivity index (χ2n) is 6.78. The fraction of sp³-hybridized carbons (Fsp3) is 0.588. The second-order valence-corrected chi connectivity index (χ2v) is 6.78. The largest absolute Gasteiger partial charge is 0.393 e.